The normalized spacial score (nSPS) is 13.1. The number of halogens is 2. The monoisotopic (exact) mass is 312 g/mol. The van der Waals surface area contributed by atoms with E-state index in [0.29, 0.717) is 11.4 Å². The predicted molar refractivity (Wildman–Crippen MR) is 80.5 cm³/mol. The molecule has 2 atom stereocenters. The zero-order valence-electron chi connectivity index (χ0n) is 11.8. The molecular weight excluding hydrogens is 295 g/mol. The molecule has 2 aromatic rings. The Balaban J connectivity index is 0.00000220. The number of hydrogen-bond donors (Lipinski definition) is 2. The number of amides is 1. The Morgan fingerprint density at radius 3 is 2.71 bits per heavy atom. The Morgan fingerprint density at radius 2 is 2.19 bits per heavy atom. The Bertz CT molecular complexity index is 615. The van der Waals surface area contributed by atoms with Crippen LogP contribution in [0.5, 0.6) is 0 Å². The summed E-state index contributed by atoms with van der Waals surface area (Å²) in [5.41, 5.74) is 6.19. The number of nitrogens with one attached hydrogen (secondary N) is 1. The van der Waals surface area contributed by atoms with Crippen molar-refractivity contribution in [3.63, 3.8) is 0 Å². The fraction of sp³-hybridized carbons (Fsp3) is 0.286. The van der Waals surface area contributed by atoms with Crippen molar-refractivity contribution >= 4 is 18.3 Å². The zero-order valence-corrected chi connectivity index (χ0v) is 12.6. The van der Waals surface area contributed by atoms with Gasteiger partial charge < -0.3 is 15.6 Å². The lowest BCUT2D eigenvalue weighted by atomic mass is 10.1. The number of nitrogens with zero attached hydrogens (tertiary/aromatic N) is 2. The average molecular weight is 313 g/mol. The number of carbonyl (C=O) groups excluding carboxylic acids is 1. The molecule has 0 aliphatic carbocycles. The van der Waals surface area contributed by atoms with Crippen LogP contribution in [0.4, 0.5) is 4.39 Å². The molecule has 1 heterocycles. The van der Waals surface area contributed by atoms with Crippen molar-refractivity contribution in [3.05, 3.63) is 53.9 Å². The molecule has 5 nitrogen and oxygen atoms in total. The van der Waals surface area contributed by atoms with Crippen LogP contribution in [0.3, 0.4) is 0 Å². The minimum atomic E-state index is -0.647. The van der Waals surface area contributed by atoms with E-state index in [-0.39, 0.29) is 24.1 Å². The first-order chi connectivity index (χ1) is 9.49. The summed E-state index contributed by atoms with van der Waals surface area (Å²) in [6.45, 7) is 1.59. The number of benzene rings is 1. The van der Waals surface area contributed by atoms with Crippen LogP contribution in [0, 0.1) is 5.82 Å². The van der Waals surface area contributed by atoms with Crippen LogP contribution in [0.25, 0.3) is 0 Å². The third-order valence-electron chi connectivity index (χ3n) is 3.00. The topological polar surface area (TPSA) is 72.9 Å². The van der Waals surface area contributed by atoms with Crippen molar-refractivity contribution in [2.45, 2.75) is 19.0 Å². The second-order valence-electron chi connectivity index (χ2n) is 4.68. The molecule has 0 aliphatic heterocycles. The van der Waals surface area contributed by atoms with E-state index in [4.69, 9.17) is 5.73 Å². The molecular formula is C14H18ClFN4O. The SMILES string of the molecule is CC(N)C(=O)NC(c1cccc(F)c1)c1nccn1C.Cl. The molecule has 2 rings (SSSR count). The Labute approximate surface area is 128 Å². The lowest BCUT2D eigenvalue weighted by Gasteiger charge is -2.20. The smallest absolute Gasteiger partial charge is 0.237 e. The maximum atomic E-state index is 13.4. The van der Waals surface area contributed by atoms with Gasteiger partial charge in [0.05, 0.1) is 6.04 Å². The van der Waals surface area contributed by atoms with Crippen molar-refractivity contribution in [2.75, 3.05) is 0 Å². The number of imidazole rings is 1. The molecule has 7 heteroatoms. The van der Waals surface area contributed by atoms with E-state index in [1.54, 1.807) is 36.0 Å². The molecule has 1 amide bonds. The van der Waals surface area contributed by atoms with Crippen molar-refractivity contribution in [3.8, 4) is 0 Å². The first kappa shape index (κ1) is 17.1. The fourth-order valence-corrected chi connectivity index (χ4v) is 1.91. The molecule has 2 unspecified atom stereocenters. The van der Waals surface area contributed by atoms with Crippen molar-refractivity contribution in [1.29, 1.82) is 0 Å². The van der Waals surface area contributed by atoms with Crippen molar-refractivity contribution < 1.29 is 9.18 Å². The maximum absolute atomic E-state index is 13.4. The summed E-state index contributed by atoms with van der Waals surface area (Å²) in [6, 6.07) is 4.88. The zero-order chi connectivity index (χ0) is 14.7. The first-order valence-corrected chi connectivity index (χ1v) is 6.27. The quantitative estimate of drug-likeness (QED) is 0.899. The molecule has 0 bridgehead atoms. The van der Waals surface area contributed by atoms with Crippen molar-refractivity contribution in [2.24, 2.45) is 12.8 Å². The van der Waals surface area contributed by atoms with E-state index in [2.05, 4.69) is 10.3 Å². The van der Waals surface area contributed by atoms with E-state index in [1.807, 2.05) is 7.05 Å². The van der Waals surface area contributed by atoms with Crippen LogP contribution < -0.4 is 11.1 Å². The lowest BCUT2D eigenvalue weighted by molar-refractivity contribution is -0.122. The molecule has 0 spiro atoms. The molecule has 0 saturated carbocycles. The Hall–Kier alpha value is -1.92. The maximum Gasteiger partial charge on any atom is 0.237 e. The van der Waals surface area contributed by atoms with Gasteiger partial charge in [0, 0.05) is 19.4 Å². The number of aryl methyl sites for hydroxylation is 1. The van der Waals surface area contributed by atoms with Crippen LogP contribution in [-0.4, -0.2) is 21.5 Å². The van der Waals surface area contributed by atoms with Gasteiger partial charge in [-0.15, -0.1) is 12.4 Å². The molecule has 0 aliphatic rings. The first-order valence-electron chi connectivity index (χ1n) is 6.27. The highest BCUT2D eigenvalue weighted by molar-refractivity contribution is 5.85. The number of hydrogen-bond acceptors (Lipinski definition) is 3. The largest absolute Gasteiger partial charge is 0.341 e. The number of aromatic nitrogens is 2. The predicted octanol–water partition coefficient (Wildman–Crippen LogP) is 1.53. The molecule has 1 aromatic carbocycles. The van der Waals surface area contributed by atoms with Gasteiger partial charge in [-0.05, 0) is 24.6 Å². The fourth-order valence-electron chi connectivity index (χ4n) is 1.91. The lowest BCUT2D eigenvalue weighted by Crippen LogP contribution is -2.41. The van der Waals surface area contributed by atoms with Crippen molar-refractivity contribution in [1.82, 2.24) is 14.9 Å². The van der Waals surface area contributed by atoms with Gasteiger partial charge in [0.25, 0.3) is 0 Å². The number of rotatable bonds is 4. The van der Waals surface area contributed by atoms with Gasteiger partial charge >= 0.3 is 0 Å². The second-order valence-corrected chi connectivity index (χ2v) is 4.68. The van der Waals surface area contributed by atoms with Gasteiger partial charge in [-0.25, -0.2) is 9.37 Å². The third kappa shape index (κ3) is 4.03. The molecule has 0 radical (unpaired) electrons. The highest BCUT2D eigenvalue weighted by atomic mass is 35.5. The summed E-state index contributed by atoms with van der Waals surface area (Å²) in [4.78, 5) is 16.1. The molecule has 0 fully saturated rings. The second kappa shape index (κ2) is 7.19. The Kier molecular flexibility index (Phi) is 5.87. The van der Waals surface area contributed by atoms with Crippen LogP contribution in [0.2, 0.25) is 0 Å². The summed E-state index contributed by atoms with van der Waals surface area (Å²) in [6.07, 6.45) is 3.39. The van der Waals surface area contributed by atoms with Gasteiger partial charge in [-0.1, -0.05) is 12.1 Å². The van der Waals surface area contributed by atoms with Gasteiger partial charge in [0.15, 0.2) is 0 Å². The third-order valence-corrected chi connectivity index (χ3v) is 3.00. The Morgan fingerprint density at radius 1 is 1.48 bits per heavy atom. The van der Waals surface area contributed by atoms with Gasteiger partial charge in [0.2, 0.25) is 5.91 Å². The standard InChI is InChI=1S/C14H17FN4O.ClH/c1-9(16)14(20)18-12(13-17-6-7-19(13)2)10-4-3-5-11(15)8-10;/h3-9,12H,16H2,1-2H3,(H,18,20);1H. The number of nitrogens with two attached hydrogens (primary N) is 1. The highest BCUT2D eigenvalue weighted by Crippen LogP contribution is 2.21. The minimum Gasteiger partial charge on any atom is -0.341 e. The molecule has 1 aromatic heterocycles. The summed E-state index contributed by atoms with van der Waals surface area (Å²) < 4.78 is 15.2. The molecule has 0 saturated heterocycles. The van der Waals surface area contributed by atoms with Crippen LogP contribution in [-0.2, 0) is 11.8 Å². The summed E-state index contributed by atoms with van der Waals surface area (Å²) in [7, 11) is 1.81. The van der Waals surface area contributed by atoms with Gasteiger partial charge in [0.1, 0.15) is 17.7 Å². The van der Waals surface area contributed by atoms with Gasteiger partial charge in [-0.3, -0.25) is 4.79 Å². The summed E-state index contributed by atoms with van der Waals surface area (Å²) in [5.74, 6) is -0.0661. The van der Waals surface area contributed by atoms with Gasteiger partial charge in [-0.2, -0.15) is 0 Å². The van der Waals surface area contributed by atoms with E-state index >= 15 is 0 Å². The average Bonchev–Trinajstić information content (AvgIpc) is 2.81. The van der Waals surface area contributed by atoms with E-state index in [1.165, 1.54) is 12.1 Å². The highest BCUT2D eigenvalue weighted by Gasteiger charge is 2.22. The number of carbonyl (C=O) groups is 1. The van der Waals surface area contributed by atoms with E-state index in [0.717, 1.165) is 0 Å². The van der Waals surface area contributed by atoms with E-state index in [9.17, 15) is 9.18 Å². The summed E-state index contributed by atoms with van der Waals surface area (Å²) in [5, 5.41) is 2.79. The molecule has 21 heavy (non-hydrogen) atoms. The molecule has 3 N–H and O–H groups in total. The van der Waals surface area contributed by atoms with Crippen LogP contribution in [0.1, 0.15) is 24.4 Å². The molecule has 114 valence electrons. The van der Waals surface area contributed by atoms with Crippen LogP contribution >= 0.6 is 12.4 Å². The minimum absolute atomic E-state index is 0. The van der Waals surface area contributed by atoms with Crippen LogP contribution in [0.15, 0.2) is 36.7 Å². The van der Waals surface area contributed by atoms with E-state index < -0.39 is 12.1 Å². The summed E-state index contributed by atoms with van der Waals surface area (Å²) >= 11 is 0.